The van der Waals surface area contributed by atoms with Gasteiger partial charge in [0.2, 0.25) is 0 Å². The average molecular weight is 273 g/mol. The van der Waals surface area contributed by atoms with Crippen LogP contribution in [0.25, 0.3) is 11.1 Å². The second-order valence-corrected chi connectivity index (χ2v) is 5.66. The SMILES string of the molecule is CCc1nc2cc(NCc3cnc(C)s3)ccc2o1. The number of hydrogen-bond acceptors (Lipinski definition) is 5. The summed E-state index contributed by atoms with van der Waals surface area (Å²) in [4.78, 5) is 9.91. The van der Waals surface area contributed by atoms with Gasteiger partial charge in [0.1, 0.15) is 5.52 Å². The molecular formula is C14H15N3OS. The smallest absolute Gasteiger partial charge is 0.195 e. The third kappa shape index (κ3) is 2.61. The van der Waals surface area contributed by atoms with E-state index in [2.05, 4.69) is 15.3 Å². The molecule has 0 radical (unpaired) electrons. The number of nitrogens with zero attached hydrogens (tertiary/aromatic N) is 2. The number of thiazole rings is 1. The van der Waals surface area contributed by atoms with Crippen molar-refractivity contribution in [1.29, 1.82) is 0 Å². The van der Waals surface area contributed by atoms with Crippen molar-refractivity contribution in [2.75, 3.05) is 5.32 Å². The van der Waals surface area contributed by atoms with Crippen LogP contribution in [0.3, 0.4) is 0 Å². The Kier molecular flexibility index (Phi) is 3.21. The Hall–Kier alpha value is -1.88. The molecule has 0 fully saturated rings. The molecule has 0 amide bonds. The number of hydrogen-bond donors (Lipinski definition) is 1. The lowest BCUT2D eigenvalue weighted by Gasteiger charge is -2.03. The summed E-state index contributed by atoms with van der Waals surface area (Å²) < 4.78 is 5.59. The van der Waals surface area contributed by atoms with Crippen molar-refractivity contribution in [2.45, 2.75) is 26.8 Å². The molecule has 0 bridgehead atoms. The summed E-state index contributed by atoms with van der Waals surface area (Å²) in [6.45, 7) is 4.84. The van der Waals surface area contributed by atoms with E-state index in [-0.39, 0.29) is 0 Å². The average Bonchev–Trinajstić information content (AvgIpc) is 3.01. The van der Waals surface area contributed by atoms with Gasteiger partial charge >= 0.3 is 0 Å². The van der Waals surface area contributed by atoms with Gasteiger partial charge in [0.25, 0.3) is 0 Å². The lowest BCUT2D eigenvalue weighted by molar-refractivity contribution is 0.538. The number of rotatable bonds is 4. The summed E-state index contributed by atoms with van der Waals surface area (Å²) in [6, 6.07) is 5.99. The Bertz CT molecular complexity index is 702. The first-order valence-electron chi connectivity index (χ1n) is 6.29. The Morgan fingerprint density at radius 3 is 3.00 bits per heavy atom. The molecule has 0 atom stereocenters. The van der Waals surface area contributed by atoms with Gasteiger partial charge in [-0.1, -0.05) is 6.92 Å². The fourth-order valence-corrected chi connectivity index (χ4v) is 2.65. The van der Waals surface area contributed by atoms with Crippen LogP contribution in [0.2, 0.25) is 0 Å². The molecule has 0 spiro atoms. The third-order valence-electron chi connectivity index (χ3n) is 2.87. The molecule has 0 unspecified atom stereocenters. The number of aryl methyl sites for hydroxylation is 2. The third-order valence-corrected chi connectivity index (χ3v) is 3.78. The maximum atomic E-state index is 5.59. The quantitative estimate of drug-likeness (QED) is 0.786. The molecule has 2 aromatic heterocycles. The fraction of sp³-hybridized carbons (Fsp3) is 0.286. The lowest BCUT2D eigenvalue weighted by atomic mass is 10.3. The molecule has 98 valence electrons. The molecule has 1 N–H and O–H groups in total. The fourth-order valence-electron chi connectivity index (χ4n) is 1.91. The highest BCUT2D eigenvalue weighted by atomic mass is 32.1. The zero-order valence-electron chi connectivity index (χ0n) is 10.9. The van der Waals surface area contributed by atoms with Crippen molar-refractivity contribution >= 4 is 28.1 Å². The number of oxazole rings is 1. The number of anilines is 1. The van der Waals surface area contributed by atoms with Gasteiger partial charge in [0, 0.05) is 23.2 Å². The van der Waals surface area contributed by atoms with E-state index in [0.29, 0.717) is 0 Å². The first-order valence-corrected chi connectivity index (χ1v) is 7.11. The van der Waals surface area contributed by atoms with Crippen LogP contribution in [-0.2, 0) is 13.0 Å². The molecule has 3 aromatic rings. The highest BCUT2D eigenvalue weighted by Crippen LogP contribution is 2.21. The van der Waals surface area contributed by atoms with Crippen LogP contribution in [-0.4, -0.2) is 9.97 Å². The van der Waals surface area contributed by atoms with Crippen LogP contribution in [0, 0.1) is 6.92 Å². The second kappa shape index (κ2) is 5.01. The van der Waals surface area contributed by atoms with E-state index < -0.39 is 0 Å². The second-order valence-electron chi connectivity index (χ2n) is 4.34. The Balaban J connectivity index is 1.77. The Morgan fingerprint density at radius 2 is 2.26 bits per heavy atom. The van der Waals surface area contributed by atoms with Crippen molar-refractivity contribution in [3.63, 3.8) is 0 Å². The Labute approximate surface area is 115 Å². The van der Waals surface area contributed by atoms with E-state index in [1.54, 1.807) is 11.3 Å². The highest BCUT2D eigenvalue weighted by Gasteiger charge is 2.05. The van der Waals surface area contributed by atoms with E-state index in [0.717, 1.165) is 40.7 Å². The molecule has 2 heterocycles. The van der Waals surface area contributed by atoms with E-state index in [1.165, 1.54) is 4.88 Å². The summed E-state index contributed by atoms with van der Waals surface area (Å²) in [5.74, 6) is 0.783. The maximum Gasteiger partial charge on any atom is 0.195 e. The molecule has 3 rings (SSSR count). The number of nitrogens with one attached hydrogen (secondary N) is 1. The van der Waals surface area contributed by atoms with E-state index in [1.807, 2.05) is 38.2 Å². The molecule has 0 aliphatic heterocycles. The number of benzene rings is 1. The van der Waals surface area contributed by atoms with Crippen molar-refractivity contribution in [1.82, 2.24) is 9.97 Å². The van der Waals surface area contributed by atoms with Gasteiger partial charge in [-0.3, -0.25) is 0 Å². The molecule has 0 aliphatic rings. The van der Waals surface area contributed by atoms with Crippen LogP contribution < -0.4 is 5.32 Å². The molecule has 4 nitrogen and oxygen atoms in total. The number of fused-ring (bicyclic) bond motifs is 1. The predicted molar refractivity (Wildman–Crippen MR) is 77.6 cm³/mol. The first kappa shape index (κ1) is 12.2. The van der Waals surface area contributed by atoms with Crippen LogP contribution in [0.4, 0.5) is 5.69 Å². The minimum absolute atomic E-state index is 0.783. The van der Waals surface area contributed by atoms with Crippen molar-refractivity contribution < 1.29 is 4.42 Å². The van der Waals surface area contributed by atoms with Gasteiger partial charge in [0.15, 0.2) is 11.5 Å². The molecule has 19 heavy (non-hydrogen) atoms. The molecule has 0 saturated carbocycles. The van der Waals surface area contributed by atoms with Crippen LogP contribution >= 0.6 is 11.3 Å². The van der Waals surface area contributed by atoms with Gasteiger partial charge < -0.3 is 9.73 Å². The normalized spacial score (nSPS) is 11.1. The van der Waals surface area contributed by atoms with E-state index in [9.17, 15) is 0 Å². The lowest BCUT2D eigenvalue weighted by Crippen LogP contribution is -1.96. The van der Waals surface area contributed by atoms with E-state index >= 15 is 0 Å². The number of aromatic nitrogens is 2. The summed E-state index contributed by atoms with van der Waals surface area (Å²) in [5.41, 5.74) is 2.80. The topological polar surface area (TPSA) is 51.0 Å². The van der Waals surface area contributed by atoms with Gasteiger partial charge in [0.05, 0.1) is 11.6 Å². The molecular weight excluding hydrogens is 258 g/mol. The largest absolute Gasteiger partial charge is 0.441 e. The predicted octanol–water partition coefficient (Wildman–Crippen LogP) is 3.77. The summed E-state index contributed by atoms with van der Waals surface area (Å²) in [6.07, 6.45) is 2.73. The van der Waals surface area contributed by atoms with Crippen LogP contribution in [0.15, 0.2) is 28.8 Å². The summed E-state index contributed by atoms with van der Waals surface area (Å²) in [5, 5.41) is 4.48. The molecule has 1 aromatic carbocycles. The Morgan fingerprint density at radius 1 is 1.37 bits per heavy atom. The van der Waals surface area contributed by atoms with Gasteiger partial charge in [-0.05, 0) is 25.1 Å². The first-order chi connectivity index (χ1) is 9.24. The van der Waals surface area contributed by atoms with Gasteiger partial charge in [-0.2, -0.15) is 0 Å². The van der Waals surface area contributed by atoms with Crippen molar-refractivity contribution in [3.05, 3.63) is 40.2 Å². The zero-order valence-corrected chi connectivity index (χ0v) is 11.8. The van der Waals surface area contributed by atoms with Gasteiger partial charge in [-0.15, -0.1) is 11.3 Å². The maximum absolute atomic E-state index is 5.59. The standard InChI is InChI=1S/C14H15N3OS/c1-3-14-17-12-6-10(4-5-13(12)18-14)16-8-11-7-15-9(2)19-11/h4-7,16H,3,8H2,1-2H3. The van der Waals surface area contributed by atoms with Crippen molar-refractivity contribution in [3.8, 4) is 0 Å². The highest BCUT2D eigenvalue weighted by molar-refractivity contribution is 7.11. The molecule has 0 aliphatic carbocycles. The van der Waals surface area contributed by atoms with Gasteiger partial charge in [-0.25, -0.2) is 9.97 Å². The monoisotopic (exact) mass is 273 g/mol. The molecule has 0 saturated heterocycles. The summed E-state index contributed by atoms with van der Waals surface area (Å²) in [7, 11) is 0. The minimum atomic E-state index is 0.783. The van der Waals surface area contributed by atoms with Crippen LogP contribution in [0.5, 0.6) is 0 Å². The minimum Gasteiger partial charge on any atom is -0.441 e. The van der Waals surface area contributed by atoms with E-state index in [4.69, 9.17) is 4.42 Å². The van der Waals surface area contributed by atoms with Crippen molar-refractivity contribution in [2.24, 2.45) is 0 Å². The zero-order chi connectivity index (χ0) is 13.2. The van der Waals surface area contributed by atoms with Crippen LogP contribution in [0.1, 0.15) is 22.7 Å². The summed E-state index contributed by atoms with van der Waals surface area (Å²) >= 11 is 1.71. The molecule has 5 heteroatoms.